The molecule has 0 radical (unpaired) electrons. The van der Waals surface area contributed by atoms with Crippen molar-refractivity contribution in [2.24, 2.45) is 0 Å². The number of nitrogens with zero attached hydrogens (tertiary/aromatic N) is 1. The maximum atomic E-state index is 12.8. The molecule has 6 nitrogen and oxygen atoms in total. The Morgan fingerprint density at radius 3 is 2.18 bits per heavy atom. The Morgan fingerprint density at radius 2 is 1.50 bits per heavy atom. The third kappa shape index (κ3) is 3.01. The van der Waals surface area contributed by atoms with Crippen molar-refractivity contribution in [1.29, 1.82) is 0 Å². The quantitative estimate of drug-likeness (QED) is 0.543. The zero-order valence-corrected chi connectivity index (χ0v) is 15.1. The van der Waals surface area contributed by atoms with Gasteiger partial charge in [-0.2, -0.15) is 0 Å². The first kappa shape index (κ1) is 17.5. The van der Waals surface area contributed by atoms with Gasteiger partial charge in [0.1, 0.15) is 0 Å². The normalized spacial score (nSPS) is 12.8. The molecule has 0 spiro atoms. The molecule has 0 aliphatic carbocycles. The Morgan fingerprint density at radius 1 is 0.857 bits per heavy atom. The van der Waals surface area contributed by atoms with E-state index in [2.05, 4.69) is 5.32 Å². The number of fused-ring (bicyclic) bond motifs is 1. The predicted molar refractivity (Wildman–Crippen MR) is 108 cm³/mol. The van der Waals surface area contributed by atoms with Crippen LogP contribution in [0.25, 0.3) is 0 Å². The SMILES string of the molecule is Cc1ccc(N2C(=O)c3ccc(NC(=O)c4ccc(N)cc4)cc3C2=O)cc1. The number of rotatable bonds is 3. The number of benzene rings is 3. The molecule has 0 bridgehead atoms. The first-order valence-corrected chi connectivity index (χ1v) is 8.70. The molecule has 4 rings (SSSR count). The van der Waals surface area contributed by atoms with Gasteiger partial charge in [-0.05, 0) is 61.5 Å². The van der Waals surface area contributed by atoms with E-state index in [0.29, 0.717) is 28.2 Å². The number of carbonyl (C=O) groups is 3. The van der Waals surface area contributed by atoms with Gasteiger partial charge in [0.25, 0.3) is 17.7 Å². The van der Waals surface area contributed by atoms with Crippen molar-refractivity contribution in [3.8, 4) is 0 Å². The molecular weight excluding hydrogens is 354 g/mol. The van der Waals surface area contributed by atoms with Crippen molar-refractivity contribution in [3.05, 3.63) is 89.0 Å². The molecule has 6 heteroatoms. The minimum Gasteiger partial charge on any atom is -0.399 e. The van der Waals surface area contributed by atoms with E-state index >= 15 is 0 Å². The van der Waals surface area contributed by atoms with Crippen LogP contribution in [0.3, 0.4) is 0 Å². The molecule has 1 aliphatic rings. The molecule has 3 aromatic rings. The summed E-state index contributed by atoms with van der Waals surface area (Å²) < 4.78 is 0. The first-order chi connectivity index (χ1) is 13.4. The number of anilines is 3. The van der Waals surface area contributed by atoms with E-state index in [-0.39, 0.29) is 17.4 Å². The van der Waals surface area contributed by atoms with Crippen LogP contribution in [0.15, 0.2) is 66.7 Å². The van der Waals surface area contributed by atoms with Crippen LogP contribution in [0.4, 0.5) is 17.1 Å². The largest absolute Gasteiger partial charge is 0.399 e. The Bertz CT molecular complexity index is 1100. The number of aryl methyl sites for hydroxylation is 1. The van der Waals surface area contributed by atoms with Crippen molar-refractivity contribution < 1.29 is 14.4 Å². The van der Waals surface area contributed by atoms with Crippen molar-refractivity contribution in [3.63, 3.8) is 0 Å². The van der Waals surface area contributed by atoms with Crippen LogP contribution in [0.1, 0.15) is 36.6 Å². The highest BCUT2D eigenvalue weighted by Gasteiger charge is 2.36. The first-order valence-electron chi connectivity index (χ1n) is 8.70. The molecule has 28 heavy (non-hydrogen) atoms. The molecule has 1 heterocycles. The summed E-state index contributed by atoms with van der Waals surface area (Å²) in [5.41, 5.74) is 9.21. The highest BCUT2D eigenvalue weighted by atomic mass is 16.2. The van der Waals surface area contributed by atoms with E-state index in [4.69, 9.17) is 5.73 Å². The van der Waals surface area contributed by atoms with Crippen molar-refractivity contribution >= 4 is 34.8 Å². The van der Waals surface area contributed by atoms with Gasteiger partial charge >= 0.3 is 0 Å². The molecule has 3 aromatic carbocycles. The second-order valence-electron chi connectivity index (χ2n) is 6.62. The number of nitrogen functional groups attached to an aromatic ring is 1. The summed E-state index contributed by atoms with van der Waals surface area (Å²) >= 11 is 0. The van der Waals surface area contributed by atoms with Gasteiger partial charge in [-0.3, -0.25) is 14.4 Å². The lowest BCUT2D eigenvalue weighted by Gasteiger charge is -2.13. The number of nitrogens with two attached hydrogens (primary N) is 1. The van der Waals surface area contributed by atoms with Gasteiger partial charge in [0.2, 0.25) is 0 Å². The van der Waals surface area contributed by atoms with Gasteiger partial charge in [0.15, 0.2) is 0 Å². The lowest BCUT2D eigenvalue weighted by atomic mass is 10.1. The zero-order valence-electron chi connectivity index (χ0n) is 15.1. The third-order valence-corrected chi connectivity index (χ3v) is 4.61. The number of nitrogens with one attached hydrogen (secondary N) is 1. The lowest BCUT2D eigenvalue weighted by Crippen LogP contribution is -2.29. The highest BCUT2D eigenvalue weighted by molar-refractivity contribution is 6.34. The van der Waals surface area contributed by atoms with Gasteiger partial charge < -0.3 is 11.1 Å². The fraction of sp³-hybridized carbons (Fsp3) is 0.0455. The molecule has 1 aliphatic heterocycles. The highest BCUT2D eigenvalue weighted by Crippen LogP contribution is 2.30. The number of carbonyl (C=O) groups excluding carboxylic acids is 3. The van der Waals surface area contributed by atoms with Gasteiger partial charge in [-0.25, -0.2) is 4.90 Å². The fourth-order valence-corrected chi connectivity index (χ4v) is 3.08. The van der Waals surface area contributed by atoms with Gasteiger partial charge in [-0.15, -0.1) is 0 Å². The smallest absolute Gasteiger partial charge is 0.266 e. The van der Waals surface area contributed by atoms with E-state index < -0.39 is 5.91 Å². The molecule has 0 saturated heterocycles. The standard InChI is InChI=1S/C22H17N3O3/c1-13-2-9-17(10-3-13)25-21(27)18-11-8-16(12-19(18)22(25)28)24-20(26)14-4-6-15(23)7-5-14/h2-12H,23H2,1H3,(H,24,26). The summed E-state index contributed by atoms with van der Waals surface area (Å²) in [6.45, 7) is 1.93. The molecule has 0 saturated carbocycles. The molecule has 3 amide bonds. The van der Waals surface area contributed by atoms with Crippen molar-refractivity contribution in [2.75, 3.05) is 16.0 Å². The van der Waals surface area contributed by atoms with E-state index in [9.17, 15) is 14.4 Å². The molecule has 0 atom stereocenters. The minimum atomic E-state index is -0.410. The molecule has 0 unspecified atom stereocenters. The van der Waals surface area contributed by atoms with E-state index in [0.717, 1.165) is 10.5 Å². The number of hydrogen-bond acceptors (Lipinski definition) is 4. The van der Waals surface area contributed by atoms with Crippen molar-refractivity contribution in [2.45, 2.75) is 6.92 Å². The van der Waals surface area contributed by atoms with E-state index in [1.54, 1.807) is 48.5 Å². The monoisotopic (exact) mass is 371 g/mol. The molecule has 138 valence electrons. The molecular formula is C22H17N3O3. The number of amides is 3. The molecule has 0 aromatic heterocycles. The summed E-state index contributed by atoms with van der Waals surface area (Å²) in [4.78, 5) is 39.0. The Hall–Kier alpha value is -3.93. The summed E-state index contributed by atoms with van der Waals surface area (Å²) in [5, 5.41) is 2.74. The Labute approximate surface area is 161 Å². The van der Waals surface area contributed by atoms with Crippen LogP contribution < -0.4 is 16.0 Å². The van der Waals surface area contributed by atoms with Crippen LogP contribution >= 0.6 is 0 Å². The Kier molecular flexibility index (Phi) is 4.16. The summed E-state index contributed by atoms with van der Waals surface area (Å²) in [6, 6.07) is 18.4. The molecule has 0 fully saturated rings. The molecule has 3 N–H and O–H groups in total. The summed E-state index contributed by atoms with van der Waals surface area (Å²) in [7, 11) is 0. The van der Waals surface area contributed by atoms with Crippen LogP contribution in [0.2, 0.25) is 0 Å². The number of imide groups is 1. The minimum absolute atomic E-state index is 0.265. The number of hydrogen-bond donors (Lipinski definition) is 2. The van der Waals surface area contributed by atoms with Crippen LogP contribution in [-0.4, -0.2) is 17.7 Å². The van der Waals surface area contributed by atoms with Gasteiger partial charge in [0.05, 0.1) is 16.8 Å². The van der Waals surface area contributed by atoms with Crippen LogP contribution in [0, 0.1) is 6.92 Å². The maximum Gasteiger partial charge on any atom is 0.266 e. The van der Waals surface area contributed by atoms with Crippen LogP contribution in [0.5, 0.6) is 0 Å². The lowest BCUT2D eigenvalue weighted by molar-refractivity contribution is 0.0924. The second-order valence-corrected chi connectivity index (χ2v) is 6.62. The van der Waals surface area contributed by atoms with Crippen LogP contribution in [-0.2, 0) is 0 Å². The zero-order chi connectivity index (χ0) is 19.8. The van der Waals surface area contributed by atoms with E-state index in [1.807, 2.05) is 19.1 Å². The predicted octanol–water partition coefficient (Wildman–Crippen LogP) is 3.63. The topological polar surface area (TPSA) is 92.5 Å². The fourth-order valence-electron chi connectivity index (χ4n) is 3.08. The van der Waals surface area contributed by atoms with Gasteiger partial charge in [-0.1, -0.05) is 17.7 Å². The average Bonchev–Trinajstić information content (AvgIpc) is 2.93. The maximum absolute atomic E-state index is 12.8. The van der Waals surface area contributed by atoms with Gasteiger partial charge in [0, 0.05) is 16.9 Å². The average molecular weight is 371 g/mol. The van der Waals surface area contributed by atoms with Crippen molar-refractivity contribution in [1.82, 2.24) is 0 Å². The van der Waals surface area contributed by atoms with E-state index in [1.165, 1.54) is 6.07 Å². The summed E-state index contributed by atoms with van der Waals surface area (Å²) in [5.74, 6) is -1.11. The second kappa shape index (κ2) is 6.66. The Balaban J connectivity index is 1.61. The summed E-state index contributed by atoms with van der Waals surface area (Å²) in [6.07, 6.45) is 0. The third-order valence-electron chi connectivity index (χ3n) is 4.61.